The average molecular weight is 453 g/mol. The van der Waals surface area contributed by atoms with Gasteiger partial charge in [-0.3, -0.25) is 0 Å². The predicted molar refractivity (Wildman–Crippen MR) is 132 cm³/mol. The molecule has 2 N–H and O–H groups in total. The molecular formula is C30H26F2N2. The van der Waals surface area contributed by atoms with Gasteiger partial charge in [0.2, 0.25) is 0 Å². The lowest BCUT2D eigenvalue weighted by atomic mass is 9.73. The van der Waals surface area contributed by atoms with Crippen molar-refractivity contribution in [2.24, 2.45) is 11.8 Å². The lowest BCUT2D eigenvalue weighted by Crippen LogP contribution is -2.32. The third-order valence-electron chi connectivity index (χ3n) is 8.32. The fraction of sp³-hybridized carbons (Fsp3) is 0.267. The molecule has 0 amide bonds. The quantitative estimate of drug-likeness (QED) is 0.391. The van der Waals surface area contributed by atoms with Crippen LogP contribution in [0.1, 0.15) is 59.0 Å². The molecule has 0 bridgehead atoms. The first-order valence-electron chi connectivity index (χ1n) is 12.2. The lowest BCUT2D eigenvalue weighted by molar-refractivity contribution is 0.405. The summed E-state index contributed by atoms with van der Waals surface area (Å²) in [5, 5.41) is 7.43. The molecule has 6 atom stereocenters. The van der Waals surface area contributed by atoms with Crippen LogP contribution in [-0.2, 0) is 0 Å². The molecule has 7 rings (SSSR count). The van der Waals surface area contributed by atoms with Crippen LogP contribution in [0, 0.1) is 23.5 Å². The summed E-state index contributed by atoms with van der Waals surface area (Å²) in [6.07, 6.45) is 10.9. The molecular weight excluding hydrogens is 426 g/mol. The van der Waals surface area contributed by atoms with Gasteiger partial charge in [0.15, 0.2) is 0 Å². The monoisotopic (exact) mass is 452 g/mol. The summed E-state index contributed by atoms with van der Waals surface area (Å²) < 4.78 is 29.6. The van der Waals surface area contributed by atoms with Gasteiger partial charge in [0.25, 0.3) is 0 Å². The zero-order valence-electron chi connectivity index (χ0n) is 18.7. The highest BCUT2D eigenvalue weighted by atomic mass is 19.1. The van der Waals surface area contributed by atoms with Gasteiger partial charge in [0.1, 0.15) is 11.6 Å². The second kappa shape index (κ2) is 7.56. The summed E-state index contributed by atoms with van der Waals surface area (Å²) in [7, 11) is 0. The first kappa shape index (κ1) is 20.0. The average Bonchev–Trinajstić information content (AvgIpc) is 3.54. The van der Waals surface area contributed by atoms with Crippen LogP contribution >= 0.6 is 0 Å². The van der Waals surface area contributed by atoms with Gasteiger partial charge in [-0.2, -0.15) is 0 Å². The Morgan fingerprint density at radius 2 is 1.03 bits per heavy atom. The van der Waals surface area contributed by atoms with Gasteiger partial charge in [-0.25, -0.2) is 8.78 Å². The van der Waals surface area contributed by atoms with Crippen LogP contribution < -0.4 is 10.6 Å². The highest BCUT2D eigenvalue weighted by molar-refractivity contribution is 5.71. The molecule has 0 fully saturated rings. The first-order chi connectivity index (χ1) is 16.7. The normalized spacial score (nSPS) is 30.1. The zero-order chi connectivity index (χ0) is 22.8. The number of halogens is 2. The Bertz CT molecular complexity index is 1240. The Morgan fingerprint density at radius 1 is 0.588 bits per heavy atom. The second-order valence-electron chi connectivity index (χ2n) is 10.0. The summed E-state index contributed by atoms with van der Waals surface area (Å²) >= 11 is 0. The lowest BCUT2D eigenvalue weighted by Gasteiger charge is -2.42. The molecule has 170 valence electrons. The fourth-order valence-corrected chi connectivity index (χ4v) is 6.75. The van der Waals surface area contributed by atoms with E-state index in [1.807, 2.05) is 24.3 Å². The fourth-order valence-electron chi connectivity index (χ4n) is 6.75. The van der Waals surface area contributed by atoms with Crippen molar-refractivity contribution in [2.75, 3.05) is 10.6 Å². The van der Waals surface area contributed by atoms with E-state index in [0.29, 0.717) is 0 Å². The van der Waals surface area contributed by atoms with Gasteiger partial charge in [0, 0.05) is 34.3 Å². The third-order valence-corrected chi connectivity index (χ3v) is 8.32. The molecule has 0 radical (unpaired) electrons. The Morgan fingerprint density at radius 3 is 1.47 bits per heavy atom. The van der Waals surface area contributed by atoms with E-state index >= 15 is 0 Å². The highest BCUT2D eigenvalue weighted by Crippen LogP contribution is 2.55. The molecule has 4 heteroatoms. The number of allylic oxidation sites excluding steroid dienone is 4. The Kier molecular flexibility index (Phi) is 4.45. The van der Waals surface area contributed by atoms with Crippen LogP contribution in [0.2, 0.25) is 0 Å². The van der Waals surface area contributed by atoms with Gasteiger partial charge in [-0.1, -0.05) is 60.7 Å². The van der Waals surface area contributed by atoms with E-state index in [-0.39, 0.29) is 47.4 Å². The van der Waals surface area contributed by atoms with Gasteiger partial charge in [0.05, 0.1) is 12.1 Å². The molecule has 0 aromatic heterocycles. The van der Waals surface area contributed by atoms with E-state index in [1.54, 1.807) is 24.3 Å². The van der Waals surface area contributed by atoms with Crippen molar-refractivity contribution in [2.45, 2.75) is 36.8 Å². The van der Waals surface area contributed by atoms with Crippen molar-refractivity contribution < 1.29 is 8.78 Å². The minimum Gasteiger partial charge on any atom is -0.378 e. The molecule has 34 heavy (non-hydrogen) atoms. The maximum absolute atomic E-state index is 14.8. The molecule has 2 heterocycles. The Balaban J connectivity index is 1.33. The molecule has 3 aromatic rings. The van der Waals surface area contributed by atoms with Gasteiger partial charge in [-0.15, -0.1) is 0 Å². The van der Waals surface area contributed by atoms with Crippen LogP contribution in [0.15, 0.2) is 85.0 Å². The van der Waals surface area contributed by atoms with Crippen LogP contribution in [0.3, 0.4) is 0 Å². The van der Waals surface area contributed by atoms with Crippen molar-refractivity contribution in [3.05, 3.63) is 119 Å². The molecule has 2 nitrogen and oxygen atoms in total. The number of anilines is 2. The number of benzene rings is 3. The van der Waals surface area contributed by atoms with Crippen molar-refractivity contribution in [3.63, 3.8) is 0 Å². The van der Waals surface area contributed by atoms with Crippen molar-refractivity contribution in [3.8, 4) is 0 Å². The smallest absolute Gasteiger partial charge is 0.128 e. The summed E-state index contributed by atoms with van der Waals surface area (Å²) in [5.74, 6) is 0.703. The topological polar surface area (TPSA) is 24.1 Å². The summed E-state index contributed by atoms with van der Waals surface area (Å²) in [6.45, 7) is 0. The molecule has 2 aliphatic carbocycles. The molecule has 4 aliphatic rings. The SMILES string of the molecule is Fc1ccccc1[C@H]1Nc2cc3c(cc2[C@H]2C=CC[C@H]21)N[C@H](c1ccccc1F)[C@@H]1CC=C[C@H]31. The van der Waals surface area contributed by atoms with E-state index < -0.39 is 0 Å². The number of nitrogens with one attached hydrogen (secondary N) is 2. The number of hydrogen-bond acceptors (Lipinski definition) is 2. The van der Waals surface area contributed by atoms with Crippen molar-refractivity contribution >= 4 is 11.4 Å². The van der Waals surface area contributed by atoms with Crippen LogP contribution in [0.5, 0.6) is 0 Å². The summed E-state index contributed by atoms with van der Waals surface area (Å²) in [5.41, 5.74) is 6.13. The Hall–Kier alpha value is -3.40. The van der Waals surface area contributed by atoms with Crippen LogP contribution in [0.25, 0.3) is 0 Å². The zero-order valence-corrected chi connectivity index (χ0v) is 18.7. The first-order valence-corrected chi connectivity index (χ1v) is 12.2. The standard InChI is InChI=1S/C30H26F2N2/c31-25-13-3-1-7-21(25)29-19-11-5-9-17(19)23-16-28-24(15-27(23)33-29)18-10-6-12-20(18)30(34-28)22-8-2-4-14-26(22)32/h1-10,13-20,29-30,33-34H,11-12H2/t17-,18-,19+,20+,29-,30-/m0/s1. The summed E-state index contributed by atoms with van der Waals surface area (Å²) in [4.78, 5) is 0. The van der Waals surface area contributed by atoms with Crippen molar-refractivity contribution in [1.82, 2.24) is 0 Å². The third kappa shape index (κ3) is 2.91. The van der Waals surface area contributed by atoms with Gasteiger partial charge in [-0.05, 0) is 60.1 Å². The van der Waals surface area contributed by atoms with Gasteiger partial charge >= 0.3 is 0 Å². The minimum atomic E-state index is -0.153. The minimum absolute atomic E-state index is 0.0654. The molecule has 3 aromatic carbocycles. The number of fused-ring (bicyclic) bond motifs is 6. The Labute approximate surface area is 198 Å². The summed E-state index contributed by atoms with van der Waals surface area (Å²) in [6, 6.07) is 18.6. The maximum Gasteiger partial charge on any atom is 0.128 e. The predicted octanol–water partition coefficient (Wildman–Crippen LogP) is 7.62. The van der Waals surface area contributed by atoms with E-state index in [0.717, 1.165) is 35.3 Å². The molecule has 0 saturated heterocycles. The van der Waals surface area contributed by atoms with Crippen LogP contribution in [0.4, 0.5) is 20.2 Å². The largest absolute Gasteiger partial charge is 0.378 e. The van der Waals surface area contributed by atoms with Crippen molar-refractivity contribution in [1.29, 1.82) is 0 Å². The van der Waals surface area contributed by atoms with E-state index in [4.69, 9.17) is 0 Å². The molecule has 2 aliphatic heterocycles. The van der Waals surface area contributed by atoms with Crippen LogP contribution in [-0.4, -0.2) is 0 Å². The van der Waals surface area contributed by atoms with E-state index in [2.05, 4.69) is 47.1 Å². The van der Waals surface area contributed by atoms with E-state index in [9.17, 15) is 8.78 Å². The highest BCUT2D eigenvalue weighted by Gasteiger charge is 2.43. The number of rotatable bonds is 2. The van der Waals surface area contributed by atoms with E-state index in [1.165, 1.54) is 11.1 Å². The maximum atomic E-state index is 14.8. The second-order valence-corrected chi connectivity index (χ2v) is 10.0. The number of hydrogen-bond donors (Lipinski definition) is 2. The van der Waals surface area contributed by atoms with Gasteiger partial charge < -0.3 is 10.6 Å². The molecule has 0 saturated carbocycles. The molecule has 0 spiro atoms. The molecule has 0 unspecified atom stereocenters.